The molecule has 2 amide bonds. The molecule has 1 unspecified atom stereocenters. The summed E-state index contributed by atoms with van der Waals surface area (Å²) in [7, 11) is 1.56. The lowest BCUT2D eigenvalue weighted by atomic mass is 9.82. The molecule has 3 fully saturated rings. The number of hydrogen-bond donors (Lipinski definition) is 1. The molecule has 1 saturated carbocycles. The van der Waals surface area contributed by atoms with Gasteiger partial charge in [0.25, 0.3) is 5.91 Å². The molecule has 28 heavy (non-hydrogen) atoms. The normalized spacial score (nSPS) is 30.7. The molecule has 0 aromatic carbocycles. The van der Waals surface area contributed by atoms with Gasteiger partial charge in [-0.1, -0.05) is 0 Å². The first kappa shape index (κ1) is 19.2. The molecule has 1 aliphatic carbocycles. The number of pyridine rings is 1. The number of carbonyl (C=O) groups is 2. The molecule has 1 aromatic rings. The maximum Gasteiger partial charge on any atom is 0.273 e. The van der Waals surface area contributed by atoms with E-state index in [1.165, 1.54) is 0 Å². The lowest BCUT2D eigenvalue weighted by Crippen LogP contribution is -2.63. The Bertz CT molecular complexity index is 747. The molecule has 3 aliphatic rings. The Hall–Kier alpha value is -2.15. The van der Waals surface area contributed by atoms with Crippen molar-refractivity contribution in [2.75, 3.05) is 20.2 Å². The van der Waals surface area contributed by atoms with Crippen LogP contribution in [0.3, 0.4) is 0 Å². The van der Waals surface area contributed by atoms with Crippen molar-refractivity contribution in [1.82, 2.24) is 14.8 Å². The highest BCUT2D eigenvalue weighted by Gasteiger charge is 2.54. The largest absolute Gasteiger partial charge is 0.497 e. The van der Waals surface area contributed by atoms with E-state index in [1.54, 1.807) is 30.3 Å². The molecule has 1 aromatic heterocycles. The summed E-state index contributed by atoms with van der Waals surface area (Å²) >= 11 is 0. The van der Waals surface area contributed by atoms with Crippen molar-refractivity contribution in [2.45, 2.75) is 69.1 Å². The average molecular weight is 387 g/mol. The first-order valence-corrected chi connectivity index (χ1v) is 10.4. The first-order chi connectivity index (χ1) is 13.5. The minimum absolute atomic E-state index is 0.0916. The molecule has 2 aliphatic heterocycles. The maximum atomic E-state index is 13.6. The molecule has 152 valence electrons. The van der Waals surface area contributed by atoms with Gasteiger partial charge in [0.05, 0.1) is 13.2 Å². The smallest absolute Gasteiger partial charge is 0.273 e. The van der Waals surface area contributed by atoms with Crippen LogP contribution in [0.25, 0.3) is 0 Å². The van der Waals surface area contributed by atoms with Crippen molar-refractivity contribution in [3.63, 3.8) is 0 Å². The molecular weight excluding hydrogens is 358 g/mol. The lowest BCUT2D eigenvalue weighted by molar-refractivity contribution is -0.149. The summed E-state index contributed by atoms with van der Waals surface area (Å²) in [4.78, 5) is 34.9. The van der Waals surface area contributed by atoms with E-state index in [0.717, 1.165) is 45.1 Å². The van der Waals surface area contributed by atoms with Crippen LogP contribution in [0.4, 0.5) is 0 Å². The van der Waals surface area contributed by atoms with Gasteiger partial charge < -0.3 is 19.6 Å². The predicted octanol–water partition coefficient (Wildman–Crippen LogP) is 1.99. The molecule has 1 atom stereocenters. The van der Waals surface area contributed by atoms with E-state index in [1.807, 2.05) is 4.90 Å². The number of rotatable bonds is 3. The third kappa shape index (κ3) is 3.26. The van der Waals surface area contributed by atoms with Crippen molar-refractivity contribution in [1.29, 1.82) is 0 Å². The van der Waals surface area contributed by atoms with Crippen LogP contribution < -0.4 is 4.74 Å². The van der Waals surface area contributed by atoms with Gasteiger partial charge >= 0.3 is 0 Å². The van der Waals surface area contributed by atoms with Gasteiger partial charge in [0.1, 0.15) is 17.0 Å². The van der Waals surface area contributed by atoms with E-state index in [0.29, 0.717) is 30.8 Å². The molecule has 7 heteroatoms. The Morgan fingerprint density at radius 2 is 1.93 bits per heavy atom. The summed E-state index contributed by atoms with van der Waals surface area (Å²) in [6, 6.07) is 3.53. The van der Waals surface area contributed by atoms with E-state index in [-0.39, 0.29) is 24.0 Å². The SMILES string of the molecule is COc1ccnc(C(=O)N2CCCC23CCCN(C2CCC(O)CC2)C3=O)c1. The number of carbonyl (C=O) groups excluding carboxylic acids is 2. The number of piperidine rings is 1. The number of likely N-dealkylation sites (tertiary alicyclic amines) is 2. The lowest BCUT2D eigenvalue weighted by Gasteiger charge is -2.48. The van der Waals surface area contributed by atoms with Crippen LogP contribution in [0.1, 0.15) is 61.9 Å². The second-order valence-corrected chi connectivity index (χ2v) is 8.24. The van der Waals surface area contributed by atoms with Crippen molar-refractivity contribution in [3.05, 3.63) is 24.0 Å². The van der Waals surface area contributed by atoms with Crippen LogP contribution in [0, 0.1) is 0 Å². The third-order valence-corrected chi connectivity index (χ3v) is 6.68. The highest BCUT2D eigenvalue weighted by molar-refractivity contribution is 5.99. The fourth-order valence-electron chi connectivity index (χ4n) is 5.19. The van der Waals surface area contributed by atoms with Crippen LogP contribution in [0.15, 0.2) is 18.3 Å². The minimum Gasteiger partial charge on any atom is -0.497 e. The van der Waals surface area contributed by atoms with Gasteiger partial charge in [0.2, 0.25) is 5.91 Å². The van der Waals surface area contributed by atoms with Gasteiger partial charge in [-0.05, 0) is 57.4 Å². The molecule has 4 rings (SSSR count). The van der Waals surface area contributed by atoms with E-state index in [4.69, 9.17) is 4.74 Å². The number of nitrogens with zero attached hydrogens (tertiary/aromatic N) is 3. The summed E-state index contributed by atoms with van der Waals surface area (Å²) in [5.41, 5.74) is -0.415. The number of amides is 2. The summed E-state index contributed by atoms with van der Waals surface area (Å²) in [5.74, 6) is 0.489. The molecule has 7 nitrogen and oxygen atoms in total. The second-order valence-electron chi connectivity index (χ2n) is 8.24. The van der Waals surface area contributed by atoms with Gasteiger partial charge in [0, 0.05) is 31.4 Å². The van der Waals surface area contributed by atoms with Crippen LogP contribution >= 0.6 is 0 Å². The highest BCUT2D eigenvalue weighted by Crippen LogP contribution is 2.41. The molecule has 3 heterocycles. The van der Waals surface area contributed by atoms with Gasteiger partial charge in [-0.3, -0.25) is 14.6 Å². The second kappa shape index (κ2) is 7.70. The van der Waals surface area contributed by atoms with E-state index >= 15 is 0 Å². The van der Waals surface area contributed by atoms with Crippen molar-refractivity contribution >= 4 is 11.8 Å². The van der Waals surface area contributed by atoms with E-state index in [2.05, 4.69) is 4.98 Å². The average Bonchev–Trinajstić information content (AvgIpc) is 3.15. The topological polar surface area (TPSA) is 83.0 Å². The number of aliphatic hydroxyl groups is 1. The Morgan fingerprint density at radius 1 is 1.21 bits per heavy atom. The Kier molecular flexibility index (Phi) is 5.27. The Labute approximate surface area is 165 Å². The number of aliphatic hydroxyl groups excluding tert-OH is 1. The number of aromatic nitrogens is 1. The highest BCUT2D eigenvalue weighted by atomic mass is 16.5. The van der Waals surface area contributed by atoms with Crippen LogP contribution in [-0.4, -0.2) is 69.6 Å². The van der Waals surface area contributed by atoms with Gasteiger partial charge in [-0.25, -0.2) is 0 Å². The van der Waals surface area contributed by atoms with Crippen molar-refractivity contribution < 1.29 is 19.4 Å². The van der Waals surface area contributed by atoms with Gasteiger partial charge in [-0.15, -0.1) is 0 Å². The maximum absolute atomic E-state index is 13.6. The number of hydrogen-bond acceptors (Lipinski definition) is 5. The molecule has 1 N–H and O–H groups in total. The molecule has 0 radical (unpaired) electrons. The van der Waals surface area contributed by atoms with Crippen molar-refractivity contribution in [3.8, 4) is 5.75 Å². The number of methoxy groups -OCH3 is 1. The van der Waals surface area contributed by atoms with Gasteiger partial charge in [0.15, 0.2) is 0 Å². The summed E-state index contributed by atoms with van der Waals surface area (Å²) in [6.07, 6.45) is 7.67. The quantitative estimate of drug-likeness (QED) is 0.858. The Balaban J connectivity index is 1.58. The summed E-state index contributed by atoms with van der Waals surface area (Å²) < 4.78 is 5.22. The molecule has 2 saturated heterocycles. The van der Waals surface area contributed by atoms with Gasteiger partial charge in [-0.2, -0.15) is 0 Å². The van der Waals surface area contributed by atoms with Crippen LogP contribution in [-0.2, 0) is 4.79 Å². The van der Waals surface area contributed by atoms with Crippen molar-refractivity contribution in [2.24, 2.45) is 0 Å². The third-order valence-electron chi connectivity index (χ3n) is 6.68. The first-order valence-electron chi connectivity index (χ1n) is 10.4. The van der Waals surface area contributed by atoms with E-state index in [9.17, 15) is 14.7 Å². The monoisotopic (exact) mass is 387 g/mol. The van der Waals surface area contributed by atoms with E-state index < -0.39 is 5.54 Å². The standard InChI is InChI=1S/C21H29N3O4/c1-28-17-8-11-22-18(14-17)19(26)24-13-3-10-21(24)9-2-12-23(20(21)27)15-4-6-16(25)7-5-15/h8,11,14-16,25H,2-7,9-10,12-13H2,1H3. The number of ether oxygens (including phenoxy) is 1. The minimum atomic E-state index is -0.740. The predicted molar refractivity (Wildman–Crippen MR) is 103 cm³/mol. The molecule has 1 spiro atoms. The fraction of sp³-hybridized carbons (Fsp3) is 0.667. The zero-order valence-corrected chi connectivity index (χ0v) is 16.5. The van der Waals surface area contributed by atoms with Crippen LogP contribution in [0.5, 0.6) is 5.75 Å². The zero-order valence-electron chi connectivity index (χ0n) is 16.5. The van der Waals surface area contributed by atoms with Crippen LogP contribution in [0.2, 0.25) is 0 Å². The Morgan fingerprint density at radius 3 is 2.64 bits per heavy atom. The zero-order chi connectivity index (χ0) is 19.7. The summed E-state index contributed by atoms with van der Waals surface area (Å²) in [5, 5.41) is 9.81. The molecular formula is C21H29N3O4. The fourth-order valence-corrected chi connectivity index (χ4v) is 5.19. The molecule has 0 bridgehead atoms. The summed E-state index contributed by atoms with van der Waals surface area (Å²) in [6.45, 7) is 1.33.